The van der Waals surface area contributed by atoms with E-state index in [1.54, 1.807) is 6.07 Å². The van der Waals surface area contributed by atoms with Gasteiger partial charge in [-0.15, -0.1) is 0 Å². The maximum atomic E-state index is 13.6. The van der Waals surface area contributed by atoms with Gasteiger partial charge in [0.2, 0.25) is 0 Å². The van der Waals surface area contributed by atoms with Gasteiger partial charge in [-0.05, 0) is 24.3 Å². The highest BCUT2D eigenvalue weighted by atomic mass is 35.5. The Morgan fingerprint density at radius 3 is 2.65 bits per heavy atom. The second kappa shape index (κ2) is 6.07. The number of nitro benzene ring substituents is 1. The second-order valence-electron chi connectivity index (χ2n) is 3.97. The smallest absolute Gasteiger partial charge is 0.292 e. The standard InChI is InChI=1S/C13H9Cl2FN2O2/c14-8-4-5-13(18(19)20)12(6-8)17-7-9-10(15)2-1-3-11(9)16/h1-6,17H,7H2. The average Bonchev–Trinajstić information content (AvgIpc) is 2.37. The Bertz CT molecular complexity index is 645. The summed E-state index contributed by atoms with van der Waals surface area (Å²) < 4.78 is 13.6. The first-order valence-corrected chi connectivity index (χ1v) is 6.35. The zero-order valence-corrected chi connectivity index (χ0v) is 11.6. The van der Waals surface area contributed by atoms with E-state index in [2.05, 4.69) is 5.32 Å². The molecule has 0 aliphatic rings. The van der Waals surface area contributed by atoms with Gasteiger partial charge < -0.3 is 5.32 Å². The summed E-state index contributed by atoms with van der Waals surface area (Å²) in [4.78, 5) is 10.4. The molecule has 0 heterocycles. The summed E-state index contributed by atoms with van der Waals surface area (Å²) in [6.45, 7) is 0.0205. The molecule has 4 nitrogen and oxygen atoms in total. The number of nitro groups is 1. The number of halogens is 3. The highest BCUT2D eigenvalue weighted by Gasteiger charge is 2.15. The molecule has 1 N–H and O–H groups in total. The molecule has 0 aliphatic carbocycles. The van der Waals surface area contributed by atoms with Crippen molar-refractivity contribution in [3.8, 4) is 0 Å². The van der Waals surface area contributed by atoms with Gasteiger partial charge in [-0.25, -0.2) is 4.39 Å². The molecule has 2 rings (SSSR count). The Hall–Kier alpha value is -1.85. The number of benzene rings is 2. The van der Waals surface area contributed by atoms with Crippen molar-refractivity contribution in [3.63, 3.8) is 0 Å². The summed E-state index contributed by atoms with van der Waals surface area (Å²) in [6.07, 6.45) is 0. The van der Waals surface area contributed by atoms with Gasteiger partial charge in [0, 0.05) is 28.2 Å². The van der Waals surface area contributed by atoms with Gasteiger partial charge in [-0.3, -0.25) is 10.1 Å². The number of hydrogen-bond acceptors (Lipinski definition) is 3. The van der Waals surface area contributed by atoms with Crippen molar-refractivity contribution in [2.75, 3.05) is 5.32 Å². The first-order chi connectivity index (χ1) is 9.49. The molecule has 0 unspecified atom stereocenters. The third kappa shape index (κ3) is 3.18. The Labute approximate surface area is 124 Å². The summed E-state index contributed by atoms with van der Waals surface area (Å²) in [7, 11) is 0. The largest absolute Gasteiger partial charge is 0.375 e. The first-order valence-electron chi connectivity index (χ1n) is 5.59. The van der Waals surface area contributed by atoms with Gasteiger partial charge in [0.15, 0.2) is 0 Å². The first kappa shape index (κ1) is 14.6. The molecular weight excluding hydrogens is 306 g/mol. The van der Waals surface area contributed by atoms with Crippen LogP contribution in [0.2, 0.25) is 10.0 Å². The Balaban J connectivity index is 2.27. The molecule has 104 valence electrons. The Kier molecular flexibility index (Phi) is 4.42. The van der Waals surface area contributed by atoms with Gasteiger partial charge in [0.1, 0.15) is 11.5 Å². The molecule has 0 aromatic heterocycles. The molecule has 0 aliphatic heterocycles. The fourth-order valence-corrected chi connectivity index (χ4v) is 2.10. The number of rotatable bonds is 4. The Morgan fingerprint density at radius 2 is 2.00 bits per heavy atom. The van der Waals surface area contributed by atoms with Crippen molar-refractivity contribution in [2.45, 2.75) is 6.54 Å². The molecule has 0 spiro atoms. The average molecular weight is 315 g/mol. The summed E-state index contributed by atoms with van der Waals surface area (Å²) >= 11 is 11.7. The minimum absolute atomic E-state index is 0.0205. The molecule has 0 radical (unpaired) electrons. The van der Waals surface area contributed by atoms with Gasteiger partial charge in [-0.1, -0.05) is 29.3 Å². The van der Waals surface area contributed by atoms with E-state index < -0.39 is 10.7 Å². The van der Waals surface area contributed by atoms with Crippen LogP contribution in [0.15, 0.2) is 36.4 Å². The SMILES string of the molecule is O=[N+]([O-])c1ccc(Cl)cc1NCc1c(F)cccc1Cl. The maximum absolute atomic E-state index is 13.6. The zero-order valence-electron chi connectivity index (χ0n) is 10.1. The van der Waals surface area contributed by atoms with Crippen LogP contribution in [-0.4, -0.2) is 4.92 Å². The van der Waals surface area contributed by atoms with Crippen LogP contribution in [0.4, 0.5) is 15.8 Å². The van der Waals surface area contributed by atoms with Crippen LogP contribution in [0.3, 0.4) is 0 Å². The van der Waals surface area contributed by atoms with Crippen molar-refractivity contribution < 1.29 is 9.31 Å². The van der Waals surface area contributed by atoms with Gasteiger partial charge >= 0.3 is 0 Å². The number of nitrogens with one attached hydrogen (secondary N) is 1. The molecule has 2 aromatic carbocycles. The number of hydrogen-bond donors (Lipinski definition) is 1. The predicted molar refractivity (Wildman–Crippen MR) is 76.8 cm³/mol. The minimum Gasteiger partial charge on any atom is -0.375 e. The normalized spacial score (nSPS) is 10.3. The van der Waals surface area contributed by atoms with Gasteiger partial charge in [0.25, 0.3) is 5.69 Å². The molecule has 0 fully saturated rings. The van der Waals surface area contributed by atoms with Crippen LogP contribution < -0.4 is 5.32 Å². The van der Waals surface area contributed by atoms with E-state index in [1.165, 1.54) is 30.3 Å². The van der Waals surface area contributed by atoms with Crippen LogP contribution in [0.1, 0.15) is 5.56 Å². The van der Waals surface area contributed by atoms with E-state index in [0.29, 0.717) is 5.02 Å². The van der Waals surface area contributed by atoms with Gasteiger partial charge in [0.05, 0.1) is 4.92 Å². The van der Waals surface area contributed by atoms with Crippen LogP contribution >= 0.6 is 23.2 Å². The predicted octanol–water partition coefficient (Wildman–Crippen LogP) is 4.65. The number of anilines is 1. The number of nitrogens with zero attached hydrogens (tertiary/aromatic N) is 1. The molecule has 0 saturated heterocycles. The second-order valence-corrected chi connectivity index (χ2v) is 4.82. The molecule has 0 atom stereocenters. The molecule has 2 aromatic rings. The van der Waals surface area contributed by atoms with Crippen molar-refractivity contribution >= 4 is 34.6 Å². The van der Waals surface area contributed by atoms with Crippen molar-refractivity contribution in [2.24, 2.45) is 0 Å². The van der Waals surface area contributed by atoms with Crippen LogP contribution in [0, 0.1) is 15.9 Å². The molecular formula is C13H9Cl2FN2O2. The lowest BCUT2D eigenvalue weighted by Gasteiger charge is -2.09. The van der Waals surface area contributed by atoms with Crippen molar-refractivity contribution in [1.82, 2.24) is 0 Å². The quantitative estimate of drug-likeness (QED) is 0.660. The summed E-state index contributed by atoms with van der Waals surface area (Å²) in [5, 5.41) is 14.3. The molecule has 0 bridgehead atoms. The van der Waals surface area contributed by atoms with Crippen LogP contribution in [0.25, 0.3) is 0 Å². The lowest BCUT2D eigenvalue weighted by atomic mass is 10.2. The van der Waals surface area contributed by atoms with Crippen molar-refractivity contribution in [1.29, 1.82) is 0 Å². The maximum Gasteiger partial charge on any atom is 0.292 e. The molecule has 20 heavy (non-hydrogen) atoms. The zero-order chi connectivity index (χ0) is 14.7. The van der Waals surface area contributed by atoms with Crippen LogP contribution in [-0.2, 0) is 6.54 Å². The molecule has 7 heteroatoms. The lowest BCUT2D eigenvalue weighted by molar-refractivity contribution is -0.384. The van der Waals surface area contributed by atoms with Crippen molar-refractivity contribution in [3.05, 3.63) is 67.9 Å². The molecule has 0 amide bonds. The van der Waals surface area contributed by atoms with E-state index in [-0.39, 0.29) is 28.5 Å². The molecule has 0 saturated carbocycles. The highest BCUT2D eigenvalue weighted by molar-refractivity contribution is 6.31. The lowest BCUT2D eigenvalue weighted by Crippen LogP contribution is -2.05. The topological polar surface area (TPSA) is 55.2 Å². The fourth-order valence-electron chi connectivity index (χ4n) is 1.69. The third-order valence-corrected chi connectivity index (χ3v) is 3.26. The van der Waals surface area contributed by atoms with Crippen LogP contribution in [0.5, 0.6) is 0 Å². The monoisotopic (exact) mass is 314 g/mol. The van der Waals surface area contributed by atoms with E-state index in [9.17, 15) is 14.5 Å². The van der Waals surface area contributed by atoms with E-state index in [4.69, 9.17) is 23.2 Å². The third-order valence-electron chi connectivity index (χ3n) is 2.67. The summed E-state index contributed by atoms with van der Waals surface area (Å²) in [6, 6.07) is 8.43. The van der Waals surface area contributed by atoms with E-state index in [1.807, 2.05) is 0 Å². The van der Waals surface area contributed by atoms with E-state index in [0.717, 1.165) is 0 Å². The summed E-state index contributed by atoms with van der Waals surface area (Å²) in [5.41, 5.74) is 0.312. The fraction of sp³-hybridized carbons (Fsp3) is 0.0769. The highest BCUT2D eigenvalue weighted by Crippen LogP contribution is 2.29. The summed E-state index contributed by atoms with van der Waals surface area (Å²) in [5.74, 6) is -0.477. The Morgan fingerprint density at radius 1 is 1.25 bits per heavy atom. The van der Waals surface area contributed by atoms with E-state index >= 15 is 0 Å². The van der Waals surface area contributed by atoms with Gasteiger partial charge in [-0.2, -0.15) is 0 Å². The minimum atomic E-state index is -0.540.